The monoisotopic (exact) mass is 201 g/mol. The van der Waals surface area contributed by atoms with E-state index < -0.39 is 0 Å². The molecular formula is C11H23NO2. The van der Waals surface area contributed by atoms with E-state index in [0.29, 0.717) is 19.3 Å². The van der Waals surface area contributed by atoms with E-state index in [0.717, 1.165) is 38.8 Å². The van der Waals surface area contributed by atoms with Crippen LogP contribution in [0.15, 0.2) is 0 Å². The fourth-order valence-corrected chi connectivity index (χ4v) is 2.16. The number of hydrogen-bond acceptors (Lipinski definition) is 3. The zero-order valence-corrected chi connectivity index (χ0v) is 8.99. The summed E-state index contributed by atoms with van der Waals surface area (Å²) in [6.07, 6.45) is 6.85. The Morgan fingerprint density at radius 2 is 1.93 bits per heavy atom. The molecule has 0 radical (unpaired) electrons. The molecule has 84 valence electrons. The number of rotatable bonds is 6. The van der Waals surface area contributed by atoms with Crippen LogP contribution in [0.25, 0.3) is 0 Å². The highest BCUT2D eigenvalue weighted by Crippen LogP contribution is 2.17. The largest absolute Gasteiger partial charge is 0.396 e. The van der Waals surface area contributed by atoms with Crippen LogP contribution in [0.3, 0.4) is 0 Å². The Balaban J connectivity index is 2.13. The second kappa shape index (κ2) is 7.21. The summed E-state index contributed by atoms with van der Waals surface area (Å²) in [6, 6.07) is 0.401. The molecule has 0 aromatic heterocycles. The van der Waals surface area contributed by atoms with Crippen LogP contribution in [0, 0.1) is 0 Å². The van der Waals surface area contributed by atoms with Gasteiger partial charge < -0.3 is 10.2 Å². The highest BCUT2D eigenvalue weighted by Gasteiger charge is 2.20. The lowest BCUT2D eigenvalue weighted by Crippen LogP contribution is -2.42. The first-order valence-electron chi connectivity index (χ1n) is 5.84. The minimum atomic E-state index is 0.306. The Morgan fingerprint density at radius 1 is 1.07 bits per heavy atom. The molecule has 0 aliphatic carbocycles. The standard InChI is InChI=1S/C11H23NO2/c13-9-5-1-3-7-12-8-4-2-6-11(12)10-14/h11,13-14H,1-10H2/t11-/m1/s1. The molecule has 0 spiro atoms. The Morgan fingerprint density at radius 3 is 2.64 bits per heavy atom. The van der Waals surface area contributed by atoms with Crippen LogP contribution >= 0.6 is 0 Å². The molecule has 0 aromatic rings. The van der Waals surface area contributed by atoms with Gasteiger partial charge in [0, 0.05) is 12.6 Å². The zero-order chi connectivity index (χ0) is 10.2. The van der Waals surface area contributed by atoms with E-state index in [1.165, 1.54) is 12.8 Å². The third kappa shape index (κ3) is 3.95. The van der Waals surface area contributed by atoms with Gasteiger partial charge in [-0.05, 0) is 45.2 Å². The van der Waals surface area contributed by atoms with Crippen LogP contribution in [-0.4, -0.2) is 47.5 Å². The molecule has 0 unspecified atom stereocenters. The van der Waals surface area contributed by atoms with Gasteiger partial charge >= 0.3 is 0 Å². The van der Waals surface area contributed by atoms with E-state index in [1.807, 2.05) is 0 Å². The molecule has 1 saturated heterocycles. The average Bonchev–Trinajstić information content (AvgIpc) is 2.25. The van der Waals surface area contributed by atoms with Gasteiger partial charge in [-0.15, -0.1) is 0 Å². The lowest BCUT2D eigenvalue weighted by Gasteiger charge is -2.34. The van der Waals surface area contributed by atoms with Gasteiger partial charge in [-0.1, -0.05) is 6.42 Å². The van der Waals surface area contributed by atoms with Crippen LogP contribution in [0.5, 0.6) is 0 Å². The van der Waals surface area contributed by atoms with Crippen molar-refractivity contribution in [1.82, 2.24) is 4.90 Å². The summed E-state index contributed by atoms with van der Waals surface area (Å²) in [5, 5.41) is 17.8. The SMILES string of the molecule is OCCCCCN1CCCC[C@@H]1CO. The zero-order valence-electron chi connectivity index (χ0n) is 8.99. The van der Waals surface area contributed by atoms with Crippen molar-refractivity contribution in [1.29, 1.82) is 0 Å². The summed E-state index contributed by atoms with van der Waals surface area (Å²) in [6.45, 7) is 2.85. The van der Waals surface area contributed by atoms with Crippen molar-refractivity contribution in [3.63, 3.8) is 0 Å². The van der Waals surface area contributed by atoms with E-state index in [-0.39, 0.29) is 0 Å². The van der Waals surface area contributed by atoms with Crippen molar-refractivity contribution in [3.05, 3.63) is 0 Å². The predicted molar refractivity (Wildman–Crippen MR) is 57.2 cm³/mol. The summed E-state index contributed by atoms with van der Waals surface area (Å²) < 4.78 is 0. The predicted octanol–water partition coefficient (Wildman–Crippen LogP) is 0.996. The van der Waals surface area contributed by atoms with Crippen LogP contribution in [0.2, 0.25) is 0 Å². The molecule has 0 amide bonds. The van der Waals surface area contributed by atoms with E-state index in [1.54, 1.807) is 0 Å². The topological polar surface area (TPSA) is 43.7 Å². The number of aliphatic hydroxyl groups is 2. The minimum absolute atomic E-state index is 0.306. The van der Waals surface area contributed by atoms with Gasteiger partial charge in [0.2, 0.25) is 0 Å². The van der Waals surface area contributed by atoms with Gasteiger partial charge in [-0.2, -0.15) is 0 Å². The van der Waals surface area contributed by atoms with E-state index >= 15 is 0 Å². The van der Waals surface area contributed by atoms with Crippen LogP contribution in [-0.2, 0) is 0 Å². The third-order valence-corrected chi connectivity index (χ3v) is 3.06. The number of piperidine rings is 1. The molecule has 0 saturated carbocycles. The normalized spacial score (nSPS) is 24.0. The van der Waals surface area contributed by atoms with E-state index in [4.69, 9.17) is 5.11 Å². The fraction of sp³-hybridized carbons (Fsp3) is 1.00. The molecule has 1 atom stereocenters. The lowest BCUT2D eigenvalue weighted by atomic mass is 10.0. The maximum absolute atomic E-state index is 9.18. The summed E-state index contributed by atoms with van der Waals surface area (Å²) >= 11 is 0. The first-order valence-corrected chi connectivity index (χ1v) is 5.84. The second-order valence-electron chi connectivity index (χ2n) is 4.15. The number of aliphatic hydroxyl groups excluding tert-OH is 2. The van der Waals surface area contributed by atoms with Crippen molar-refractivity contribution in [2.24, 2.45) is 0 Å². The molecule has 0 bridgehead atoms. The number of nitrogens with zero attached hydrogens (tertiary/aromatic N) is 1. The molecule has 1 rings (SSSR count). The van der Waals surface area contributed by atoms with Crippen molar-refractivity contribution >= 4 is 0 Å². The minimum Gasteiger partial charge on any atom is -0.396 e. The third-order valence-electron chi connectivity index (χ3n) is 3.06. The Labute approximate surface area is 86.7 Å². The van der Waals surface area contributed by atoms with Gasteiger partial charge in [-0.25, -0.2) is 0 Å². The number of hydrogen-bond donors (Lipinski definition) is 2. The first-order chi connectivity index (χ1) is 6.88. The summed E-state index contributed by atoms with van der Waals surface area (Å²) in [7, 11) is 0. The molecular weight excluding hydrogens is 178 g/mol. The fourth-order valence-electron chi connectivity index (χ4n) is 2.16. The van der Waals surface area contributed by atoms with Gasteiger partial charge in [0.25, 0.3) is 0 Å². The maximum Gasteiger partial charge on any atom is 0.0586 e. The smallest absolute Gasteiger partial charge is 0.0586 e. The lowest BCUT2D eigenvalue weighted by molar-refractivity contribution is 0.0882. The molecule has 3 nitrogen and oxygen atoms in total. The van der Waals surface area contributed by atoms with Gasteiger partial charge in [0.05, 0.1) is 6.61 Å². The molecule has 2 N–H and O–H groups in total. The molecule has 3 heteroatoms. The second-order valence-corrected chi connectivity index (χ2v) is 4.15. The summed E-state index contributed by atoms with van der Waals surface area (Å²) in [5.74, 6) is 0. The number of unbranched alkanes of at least 4 members (excludes halogenated alkanes) is 2. The quantitative estimate of drug-likeness (QED) is 0.630. The van der Waals surface area contributed by atoms with E-state index in [2.05, 4.69) is 4.90 Å². The van der Waals surface area contributed by atoms with Crippen molar-refractivity contribution in [2.75, 3.05) is 26.3 Å². The van der Waals surface area contributed by atoms with Gasteiger partial charge in [0.1, 0.15) is 0 Å². The maximum atomic E-state index is 9.18. The number of likely N-dealkylation sites (tertiary alicyclic amines) is 1. The van der Waals surface area contributed by atoms with E-state index in [9.17, 15) is 5.11 Å². The van der Waals surface area contributed by atoms with Crippen LogP contribution < -0.4 is 0 Å². The highest BCUT2D eigenvalue weighted by atomic mass is 16.3. The summed E-state index contributed by atoms with van der Waals surface area (Å²) in [4.78, 5) is 2.40. The average molecular weight is 201 g/mol. The Hall–Kier alpha value is -0.120. The highest BCUT2D eigenvalue weighted by molar-refractivity contribution is 4.75. The van der Waals surface area contributed by atoms with Crippen molar-refractivity contribution < 1.29 is 10.2 Å². The van der Waals surface area contributed by atoms with Crippen molar-refractivity contribution in [3.8, 4) is 0 Å². The van der Waals surface area contributed by atoms with Gasteiger partial charge in [-0.3, -0.25) is 4.90 Å². The van der Waals surface area contributed by atoms with Crippen molar-refractivity contribution in [2.45, 2.75) is 44.6 Å². The van der Waals surface area contributed by atoms with Gasteiger partial charge in [0.15, 0.2) is 0 Å². The molecule has 1 fully saturated rings. The molecule has 1 aliphatic rings. The van der Waals surface area contributed by atoms with Crippen LogP contribution in [0.4, 0.5) is 0 Å². The molecule has 0 aromatic carbocycles. The molecule has 1 aliphatic heterocycles. The first kappa shape index (κ1) is 12.0. The summed E-state index contributed by atoms with van der Waals surface area (Å²) in [5.41, 5.74) is 0. The van der Waals surface area contributed by atoms with Crippen LogP contribution in [0.1, 0.15) is 38.5 Å². The molecule has 14 heavy (non-hydrogen) atoms. The Bertz CT molecular complexity index is 141. The Kier molecular flexibility index (Phi) is 6.15. The molecule has 1 heterocycles.